The van der Waals surface area contributed by atoms with Gasteiger partial charge in [0.25, 0.3) is 0 Å². The van der Waals surface area contributed by atoms with E-state index in [0.717, 1.165) is 11.6 Å². The van der Waals surface area contributed by atoms with E-state index >= 15 is 0 Å². The lowest BCUT2D eigenvalue weighted by Crippen LogP contribution is -2.19. The predicted molar refractivity (Wildman–Crippen MR) is 84.1 cm³/mol. The lowest BCUT2D eigenvalue weighted by atomic mass is 10.0. The number of rotatable bonds is 4. The summed E-state index contributed by atoms with van der Waals surface area (Å²) in [6.07, 6.45) is 3.58. The maximum absolute atomic E-state index is 6.22. The second-order valence-electron chi connectivity index (χ2n) is 5.06. The third-order valence-corrected chi connectivity index (χ3v) is 5.13. The maximum Gasteiger partial charge on any atom is 0.0592 e. The summed E-state index contributed by atoms with van der Waals surface area (Å²) in [5.41, 5.74) is 4.22. The number of thiophene rings is 1. The highest BCUT2D eigenvalue weighted by molar-refractivity contribution is 7.14. The zero-order chi connectivity index (χ0) is 13.2. The van der Waals surface area contributed by atoms with Gasteiger partial charge in [-0.25, -0.2) is 0 Å². The Kier molecular flexibility index (Phi) is 3.92. The first-order valence-corrected chi connectivity index (χ1v) is 8.15. The molecule has 100 valence electrons. The molecular weight excluding hydrogens is 274 g/mol. The highest BCUT2D eigenvalue weighted by atomic mass is 35.5. The van der Waals surface area contributed by atoms with Crippen molar-refractivity contribution in [3.05, 3.63) is 45.8 Å². The molecule has 0 amide bonds. The van der Waals surface area contributed by atoms with Gasteiger partial charge in [-0.05, 0) is 60.0 Å². The van der Waals surface area contributed by atoms with Crippen LogP contribution < -0.4 is 5.32 Å². The summed E-state index contributed by atoms with van der Waals surface area (Å²) in [6, 6.07) is 9.33. The molecule has 1 nitrogen and oxygen atoms in total. The normalized spacial score (nSPS) is 17.7. The third kappa shape index (κ3) is 2.58. The van der Waals surface area contributed by atoms with Crippen LogP contribution in [0.4, 0.5) is 0 Å². The van der Waals surface area contributed by atoms with Gasteiger partial charge in [0.05, 0.1) is 9.90 Å². The summed E-state index contributed by atoms with van der Waals surface area (Å²) in [6.45, 7) is 3.31. The standard InChI is InChI=1S/C16H18ClNS/c1-2-8-18-15-6-4-11-10-12(3-5-13(11)15)16-14(17)7-9-19-16/h3,5,7,9-10,15,18H,2,4,6,8H2,1H3. The molecule has 1 atom stereocenters. The fraction of sp³-hybridized carbons (Fsp3) is 0.375. The van der Waals surface area contributed by atoms with Crippen LogP contribution >= 0.6 is 22.9 Å². The van der Waals surface area contributed by atoms with Crippen molar-refractivity contribution in [2.24, 2.45) is 0 Å². The molecule has 1 N–H and O–H groups in total. The fourth-order valence-corrected chi connectivity index (χ4v) is 3.95. The lowest BCUT2D eigenvalue weighted by molar-refractivity contribution is 0.529. The number of aryl methyl sites for hydroxylation is 1. The van der Waals surface area contributed by atoms with Gasteiger partial charge in [0.2, 0.25) is 0 Å². The van der Waals surface area contributed by atoms with Crippen LogP contribution in [-0.4, -0.2) is 6.54 Å². The van der Waals surface area contributed by atoms with Crippen LogP contribution in [0, 0.1) is 0 Å². The maximum atomic E-state index is 6.22. The van der Waals surface area contributed by atoms with E-state index in [1.807, 2.05) is 6.07 Å². The van der Waals surface area contributed by atoms with Gasteiger partial charge < -0.3 is 5.32 Å². The molecule has 1 heterocycles. The van der Waals surface area contributed by atoms with E-state index in [1.165, 1.54) is 40.8 Å². The number of fused-ring (bicyclic) bond motifs is 1. The van der Waals surface area contributed by atoms with Crippen molar-refractivity contribution in [1.29, 1.82) is 0 Å². The third-order valence-electron chi connectivity index (χ3n) is 3.74. The van der Waals surface area contributed by atoms with Crippen molar-refractivity contribution in [2.45, 2.75) is 32.2 Å². The Bertz CT molecular complexity index is 576. The fourth-order valence-electron chi connectivity index (χ4n) is 2.79. The summed E-state index contributed by atoms with van der Waals surface area (Å²) in [5, 5.41) is 6.55. The lowest BCUT2D eigenvalue weighted by Gasteiger charge is -2.13. The van der Waals surface area contributed by atoms with Crippen molar-refractivity contribution >= 4 is 22.9 Å². The zero-order valence-corrected chi connectivity index (χ0v) is 12.7. The average molecular weight is 292 g/mol. The van der Waals surface area contributed by atoms with Crippen molar-refractivity contribution < 1.29 is 0 Å². The van der Waals surface area contributed by atoms with Crippen LogP contribution in [-0.2, 0) is 6.42 Å². The summed E-state index contributed by atoms with van der Waals surface area (Å²) < 4.78 is 0. The van der Waals surface area contributed by atoms with Gasteiger partial charge >= 0.3 is 0 Å². The van der Waals surface area contributed by atoms with Gasteiger partial charge in [0, 0.05) is 6.04 Å². The minimum atomic E-state index is 0.544. The Hall–Kier alpha value is -0.830. The van der Waals surface area contributed by atoms with Crippen LogP contribution in [0.5, 0.6) is 0 Å². The van der Waals surface area contributed by atoms with E-state index in [2.05, 4.69) is 35.8 Å². The Balaban J connectivity index is 1.88. The number of halogens is 1. The van der Waals surface area contributed by atoms with Crippen molar-refractivity contribution in [2.75, 3.05) is 6.54 Å². The van der Waals surface area contributed by atoms with E-state index in [0.29, 0.717) is 6.04 Å². The highest BCUT2D eigenvalue weighted by Crippen LogP contribution is 2.38. The van der Waals surface area contributed by atoms with Gasteiger partial charge in [-0.15, -0.1) is 11.3 Å². The van der Waals surface area contributed by atoms with Gasteiger partial charge in [0.1, 0.15) is 0 Å². The molecule has 0 aliphatic heterocycles. The Morgan fingerprint density at radius 2 is 2.26 bits per heavy atom. The SMILES string of the molecule is CCCNC1CCc2cc(-c3sccc3Cl)ccc21. The second kappa shape index (κ2) is 5.66. The summed E-state index contributed by atoms with van der Waals surface area (Å²) in [4.78, 5) is 1.19. The van der Waals surface area contributed by atoms with Crippen LogP contribution in [0.15, 0.2) is 29.6 Å². The minimum Gasteiger partial charge on any atom is -0.310 e. The van der Waals surface area contributed by atoms with E-state index in [-0.39, 0.29) is 0 Å². The van der Waals surface area contributed by atoms with Gasteiger partial charge in [-0.3, -0.25) is 0 Å². The molecule has 1 aromatic heterocycles. The summed E-state index contributed by atoms with van der Waals surface area (Å²) >= 11 is 7.94. The number of benzene rings is 1. The molecule has 1 aromatic carbocycles. The summed E-state index contributed by atoms with van der Waals surface area (Å²) in [7, 11) is 0. The molecule has 3 rings (SSSR count). The van der Waals surface area contributed by atoms with Gasteiger partial charge in [0.15, 0.2) is 0 Å². The van der Waals surface area contributed by atoms with E-state index in [4.69, 9.17) is 11.6 Å². The first-order chi connectivity index (χ1) is 9.29. The molecule has 1 unspecified atom stereocenters. The monoisotopic (exact) mass is 291 g/mol. The molecule has 0 radical (unpaired) electrons. The van der Waals surface area contributed by atoms with E-state index in [9.17, 15) is 0 Å². The Morgan fingerprint density at radius 1 is 1.37 bits per heavy atom. The molecule has 0 bridgehead atoms. The number of nitrogens with one attached hydrogen (secondary N) is 1. The zero-order valence-electron chi connectivity index (χ0n) is 11.1. The molecule has 0 saturated heterocycles. The summed E-state index contributed by atoms with van der Waals surface area (Å²) in [5.74, 6) is 0. The van der Waals surface area contributed by atoms with Crippen LogP contribution in [0.1, 0.15) is 36.9 Å². The first kappa shape index (κ1) is 13.2. The van der Waals surface area contributed by atoms with Gasteiger partial charge in [-0.1, -0.05) is 30.7 Å². The Labute approximate surface area is 123 Å². The molecule has 19 heavy (non-hydrogen) atoms. The van der Waals surface area contributed by atoms with Crippen LogP contribution in [0.25, 0.3) is 10.4 Å². The number of hydrogen-bond acceptors (Lipinski definition) is 2. The predicted octanol–water partition coefficient (Wildman–Crippen LogP) is 5.06. The highest BCUT2D eigenvalue weighted by Gasteiger charge is 2.22. The molecule has 1 aliphatic rings. The van der Waals surface area contributed by atoms with Crippen LogP contribution in [0.3, 0.4) is 0 Å². The van der Waals surface area contributed by atoms with Crippen molar-refractivity contribution in [3.8, 4) is 10.4 Å². The first-order valence-electron chi connectivity index (χ1n) is 6.89. The second-order valence-corrected chi connectivity index (χ2v) is 6.38. The molecular formula is C16H18ClNS. The molecule has 0 fully saturated rings. The number of hydrogen-bond donors (Lipinski definition) is 1. The quantitative estimate of drug-likeness (QED) is 0.830. The molecule has 1 aliphatic carbocycles. The average Bonchev–Trinajstić information content (AvgIpc) is 3.02. The largest absolute Gasteiger partial charge is 0.310 e. The van der Waals surface area contributed by atoms with Crippen LogP contribution in [0.2, 0.25) is 5.02 Å². The van der Waals surface area contributed by atoms with Crippen molar-refractivity contribution in [3.63, 3.8) is 0 Å². The molecule has 0 saturated carbocycles. The van der Waals surface area contributed by atoms with Gasteiger partial charge in [-0.2, -0.15) is 0 Å². The minimum absolute atomic E-state index is 0.544. The van der Waals surface area contributed by atoms with E-state index < -0.39 is 0 Å². The van der Waals surface area contributed by atoms with E-state index in [1.54, 1.807) is 11.3 Å². The molecule has 0 spiro atoms. The molecule has 3 heteroatoms. The topological polar surface area (TPSA) is 12.0 Å². The Morgan fingerprint density at radius 3 is 3.00 bits per heavy atom. The van der Waals surface area contributed by atoms with Crippen molar-refractivity contribution in [1.82, 2.24) is 5.32 Å². The smallest absolute Gasteiger partial charge is 0.0592 e. The molecule has 2 aromatic rings.